The number of carbonyl (C=O) groups excluding carboxylic acids is 1. The molecule has 4 aromatic rings. The Morgan fingerprint density at radius 1 is 1.09 bits per heavy atom. The maximum Gasteiger partial charge on any atom is 0.417 e. The lowest BCUT2D eigenvalue weighted by Crippen LogP contribution is -2.16. The summed E-state index contributed by atoms with van der Waals surface area (Å²) in [6.07, 6.45) is 2.23. The first-order valence-corrected chi connectivity index (χ1v) is 10.5. The third-order valence-electron chi connectivity index (χ3n) is 4.26. The van der Waals surface area contributed by atoms with E-state index in [1.54, 1.807) is 46.3 Å². The number of hydrogen-bond acceptors (Lipinski definition) is 5. The Balaban J connectivity index is 1.52. The lowest BCUT2D eigenvalue weighted by atomic mass is 10.2. The molecular weight excluding hydrogens is 465 g/mol. The lowest BCUT2D eigenvalue weighted by Gasteiger charge is -2.12. The first kappa shape index (κ1) is 21.9. The predicted octanol–water partition coefficient (Wildman–Crippen LogP) is 4.86. The molecule has 0 radical (unpaired) electrons. The SMILES string of the molecule is O=C(CSc1nnc(-c2ccncc2)n1-n1cccc1)Nc1ccc(Cl)c(C(F)(F)F)c1. The van der Waals surface area contributed by atoms with Gasteiger partial charge in [-0.25, -0.2) is 4.68 Å². The van der Waals surface area contributed by atoms with Crippen molar-refractivity contribution in [1.82, 2.24) is 24.5 Å². The normalized spacial score (nSPS) is 11.5. The molecule has 0 saturated heterocycles. The van der Waals surface area contributed by atoms with Crippen LogP contribution in [-0.4, -0.2) is 36.2 Å². The largest absolute Gasteiger partial charge is 0.417 e. The van der Waals surface area contributed by atoms with E-state index in [-0.39, 0.29) is 11.4 Å². The van der Waals surface area contributed by atoms with Crippen LogP contribution in [0.1, 0.15) is 5.56 Å². The number of nitrogens with zero attached hydrogens (tertiary/aromatic N) is 5. The fourth-order valence-electron chi connectivity index (χ4n) is 2.85. The fraction of sp³-hybridized carbons (Fsp3) is 0.100. The van der Waals surface area contributed by atoms with Gasteiger partial charge < -0.3 is 5.32 Å². The summed E-state index contributed by atoms with van der Waals surface area (Å²) in [7, 11) is 0. The van der Waals surface area contributed by atoms with Gasteiger partial charge in [0.15, 0.2) is 5.82 Å². The van der Waals surface area contributed by atoms with Gasteiger partial charge >= 0.3 is 6.18 Å². The Hall–Kier alpha value is -3.31. The number of pyridine rings is 1. The molecule has 0 aliphatic heterocycles. The van der Waals surface area contributed by atoms with Gasteiger partial charge in [-0.2, -0.15) is 13.2 Å². The van der Waals surface area contributed by atoms with Gasteiger partial charge in [0.1, 0.15) is 0 Å². The second kappa shape index (κ2) is 9.05. The minimum Gasteiger partial charge on any atom is -0.325 e. The minimum atomic E-state index is -4.62. The minimum absolute atomic E-state index is 0.00308. The van der Waals surface area contributed by atoms with Gasteiger partial charge in [0, 0.05) is 36.0 Å². The highest BCUT2D eigenvalue weighted by Crippen LogP contribution is 2.36. The first-order valence-electron chi connectivity index (χ1n) is 9.12. The zero-order valence-corrected chi connectivity index (χ0v) is 17.7. The summed E-state index contributed by atoms with van der Waals surface area (Å²) < 4.78 is 42.6. The molecule has 0 saturated carbocycles. The molecule has 12 heteroatoms. The Bertz CT molecular complexity index is 1230. The van der Waals surface area contributed by atoms with Crippen LogP contribution in [-0.2, 0) is 11.0 Å². The van der Waals surface area contributed by atoms with Gasteiger partial charge in [-0.15, -0.1) is 10.2 Å². The molecule has 4 rings (SSSR count). The highest BCUT2D eigenvalue weighted by atomic mass is 35.5. The number of halogens is 4. The summed E-state index contributed by atoms with van der Waals surface area (Å²) in [6.45, 7) is 0. The number of amides is 1. The van der Waals surface area contributed by atoms with Crippen molar-refractivity contribution >= 4 is 35.0 Å². The number of anilines is 1. The highest BCUT2D eigenvalue weighted by Gasteiger charge is 2.33. The molecule has 0 aliphatic carbocycles. The van der Waals surface area contributed by atoms with Crippen molar-refractivity contribution in [2.45, 2.75) is 11.3 Å². The molecule has 1 aromatic carbocycles. The molecular formula is C20H14ClF3N6OS. The Kier molecular flexibility index (Phi) is 6.19. The molecule has 0 bridgehead atoms. The maximum absolute atomic E-state index is 13.0. The molecule has 0 fully saturated rings. The van der Waals surface area contributed by atoms with E-state index in [0.29, 0.717) is 11.0 Å². The second-order valence-corrected chi connectivity index (χ2v) is 7.80. The van der Waals surface area contributed by atoms with Crippen molar-refractivity contribution in [1.29, 1.82) is 0 Å². The van der Waals surface area contributed by atoms with Crippen molar-refractivity contribution in [3.05, 3.63) is 77.8 Å². The van der Waals surface area contributed by atoms with Crippen LogP contribution in [0.15, 0.2) is 72.4 Å². The number of carbonyl (C=O) groups is 1. The standard InChI is InChI=1S/C20H14ClF3N6OS/c21-16-4-3-14(11-15(16)20(22,23)24)26-17(31)12-32-19-28-27-18(13-5-7-25-8-6-13)30(19)29-9-1-2-10-29/h1-11H,12H2,(H,26,31). The van der Waals surface area contributed by atoms with E-state index in [2.05, 4.69) is 20.5 Å². The average Bonchev–Trinajstić information content (AvgIpc) is 3.43. The van der Waals surface area contributed by atoms with Gasteiger partial charge in [-0.3, -0.25) is 14.5 Å². The molecule has 0 unspecified atom stereocenters. The average molecular weight is 479 g/mol. The number of benzene rings is 1. The number of thioether (sulfide) groups is 1. The predicted molar refractivity (Wildman–Crippen MR) is 114 cm³/mol. The molecule has 164 valence electrons. The van der Waals surface area contributed by atoms with Crippen molar-refractivity contribution in [2.24, 2.45) is 0 Å². The number of alkyl halides is 3. The number of nitrogens with one attached hydrogen (secondary N) is 1. The lowest BCUT2D eigenvalue weighted by molar-refractivity contribution is -0.137. The van der Waals surface area contributed by atoms with Crippen LogP contribution in [0.4, 0.5) is 18.9 Å². The van der Waals surface area contributed by atoms with Crippen molar-refractivity contribution in [2.75, 3.05) is 11.1 Å². The zero-order chi connectivity index (χ0) is 22.7. The molecule has 3 aromatic heterocycles. The van der Waals surface area contributed by atoms with E-state index in [4.69, 9.17) is 11.6 Å². The Labute approximate surface area is 189 Å². The molecule has 1 amide bonds. The summed E-state index contributed by atoms with van der Waals surface area (Å²) in [5.41, 5.74) is -0.242. The van der Waals surface area contributed by atoms with Gasteiger partial charge in [0.25, 0.3) is 0 Å². The summed E-state index contributed by atoms with van der Waals surface area (Å²) in [6, 6.07) is 10.4. The maximum atomic E-state index is 13.0. The van der Waals surface area contributed by atoms with Crippen LogP contribution in [0.25, 0.3) is 11.4 Å². The molecule has 0 aliphatic rings. The second-order valence-electron chi connectivity index (χ2n) is 6.45. The van der Waals surface area contributed by atoms with E-state index in [1.807, 2.05) is 12.1 Å². The van der Waals surface area contributed by atoms with E-state index >= 15 is 0 Å². The van der Waals surface area contributed by atoms with E-state index < -0.39 is 22.7 Å². The molecule has 0 spiro atoms. The smallest absolute Gasteiger partial charge is 0.325 e. The monoisotopic (exact) mass is 478 g/mol. The highest BCUT2D eigenvalue weighted by molar-refractivity contribution is 7.99. The van der Waals surface area contributed by atoms with Gasteiger partial charge in [-0.1, -0.05) is 23.4 Å². The van der Waals surface area contributed by atoms with Gasteiger partial charge in [0.05, 0.1) is 16.3 Å². The van der Waals surface area contributed by atoms with Crippen LogP contribution in [0, 0.1) is 0 Å². The van der Waals surface area contributed by atoms with Crippen LogP contribution >= 0.6 is 23.4 Å². The number of aromatic nitrogens is 5. The summed E-state index contributed by atoms with van der Waals surface area (Å²) in [4.78, 5) is 16.4. The topological polar surface area (TPSA) is 77.6 Å². The zero-order valence-electron chi connectivity index (χ0n) is 16.1. The van der Waals surface area contributed by atoms with Gasteiger partial charge in [0.2, 0.25) is 11.1 Å². The number of hydrogen-bond donors (Lipinski definition) is 1. The van der Waals surface area contributed by atoms with E-state index in [1.165, 1.54) is 6.07 Å². The third kappa shape index (κ3) is 4.78. The van der Waals surface area contributed by atoms with E-state index in [0.717, 1.165) is 29.5 Å². The number of rotatable bonds is 6. The van der Waals surface area contributed by atoms with Crippen LogP contribution in [0.3, 0.4) is 0 Å². The van der Waals surface area contributed by atoms with Crippen LogP contribution < -0.4 is 5.32 Å². The summed E-state index contributed by atoms with van der Waals surface area (Å²) in [5.74, 6) is -0.0586. The van der Waals surface area contributed by atoms with Gasteiger partial charge in [-0.05, 0) is 42.5 Å². The molecule has 1 N–H and O–H groups in total. The fourth-order valence-corrected chi connectivity index (χ4v) is 3.81. The third-order valence-corrected chi connectivity index (χ3v) is 5.51. The quantitative estimate of drug-likeness (QED) is 0.401. The Morgan fingerprint density at radius 2 is 1.81 bits per heavy atom. The summed E-state index contributed by atoms with van der Waals surface area (Å²) >= 11 is 6.71. The Morgan fingerprint density at radius 3 is 2.50 bits per heavy atom. The molecule has 0 atom stereocenters. The molecule has 7 nitrogen and oxygen atoms in total. The van der Waals surface area contributed by atoms with Crippen molar-refractivity contribution in [3.8, 4) is 11.4 Å². The van der Waals surface area contributed by atoms with Crippen LogP contribution in [0.5, 0.6) is 0 Å². The first-order chi connectivity index (χ1) is 15.3. The van der Waals surface area contributed by atoms with E-state index in [9.17, 15) is 18.0 Å². The van der Waals surface area contributed by atoms with Crippen LogP contribution in [0.2, 0.25) is 5.02 Å². The molecule has 3 heterocycles. The molecule has 32 heavy (non-hydrogen) atoms. The summed E-state index contributed by atoms with van der Waals surface area (Å²) in [5, 5.41) is 10.8. The van der Waals surface area contributed by atoms with Crippen molar-refractivity contribution < 1.29 is 18.0 Å². The van der Waals surface area contributed by atoms with Crippen molar-refractivity contribution in [3.63, 3.8) is 0 Å².